The molecule has 0 aliphatic rings. The maximum Gasteiger partial charge on any atom is 0.235 e. The molecular weight excluding hydrogens is 220 g/mol. The summed E-state index contributed by atoms with van der Waals surface area (Å²) in [4.78, 5) is 15.5. The molecule has 1 aromatic heterocycles. The van der Waals surface area contributed by atoms with E-state index in [9.17, 15) is 4.79 Å². The molecule has 0 radical (unpaired) electrons. The number of hydrogen-bond acceptors (Lipinski definition) is 3. The lowest BCUT2D eigenvalue weighted by molar-refractivity contribution is -0.120. The van der Waals surface area contributed by atoms with Crippen LogP contribution in [0.3, 0.4) is 0 Å². The summed E-state index contributed by atoms with van der Waals surface area (Å²) >= 11 is 6.96. The topological polar surface area (TPSA) is 42.0 Å². The zero-order valence-electron chi connectivity index (χ0n) is 8.43. The Balaban J connectivity index is 2.79. The fourth-order valence-corrected chi connectivity index (χ4v) is 2.02. The van der Waals surface area contributed by atoms with Crippen LogP contribution < -0.4 is 5.32 Å². The Morgan fingerprint density at radius 2 is 2.36 bits per heavy atom. The van der Waals surface area contributed by atoms with Gasteiger partial charge in [-0.1, -0.05) is 0 Å². The molecule has 0 aliphatic heterocycles. The molecule has 0 unspecified atom stereocenters. The number of rotatable bonds is 3. The molecule has 1 heterocycles. The number of nitrogens with one attached hydrogen (secondary N) is 1. The van der Waals surface area contributed by atoms with E-state index in [0.717, 1.165) is 10.7 Å². The summed E-state index contributed by atoms with van der Waals surface area (Å²) in [6.07, 6.45) is 0. The number of aromatic nitrogens is 1. The maximum absolute atomic E-state index is 11.1. The monoisotopic (exact) mass is 232 g/mol. The van der Waals surface area contributed by atoms with Crippen molar-refractivity contribution in [1.82, 2.24) is 10.3 Å². The Bertz CT molecular complexity index is 335. The molecule has 0 spiro atoms. The van der Waals surface area contributed by atoms with Crippen LogP contribution in [0, 0.1) is 6.92 Å². The molecule has 1 rings (SSSR count). The second-order valence-corrected chi connectivity index (χ2v) is 4.73. The van der Waals surface area contributed by atoms with Crippen LogP contribution in [-0.2, 0) is 10.3 Å². The lowest BCUT2D eigenvalue weighted by Crippen LogP contribution is -2.41. The zero-order chi connectivity index (χ0) is 10.8. The molecule has 14 heavy (non-hydrogen) atoms. The highest BCUT2D eigenvalue weighted by Gasteiger charge is 2.25. The second kappa shape index (κ2) is 4.28. The van der Waals surface area contributed by atoms with Crippen LogP contribution in [0.25, 0.3) is 0 Å². The maximum atomic E-state index is 11.1. The van der Waals surface area contributed by atoms with E-state index in [1.165, 1.54) is 0 Å². The van der Waals surface area contributed by atoms with E-state index in [-0.39, 0.29) is 11.8 Å². The van der Waals surface area contributed by atoms with Crippen molar-refractivity contribution >= 4 is 28.8 Å². The fraction of sp³-hybridized carbons (Fsp3) is 0.556. The van der Waals surface area contributed by atoms with Crippen LogP contribution in [-0.4, -0.2) is 16.8 Å². The molecule has 1 amide bonds. The first-order valence-electron chi connectivity index (χ1n) is 4.25. The van der Waals surface area contributed by atoms with Gasteiger partial charge in [-0.25, -0.2) is 4.98 Å². The van der Waals surface area contributed by atoms with Crippen molar-refractivity contribution in [2.75, 3.05) is 5.88 Å². The van der Waals surface area contributed by atoms with Gasteiger partial charge in [-0.05, 0) is 20.8 Å². The molecule has 0 aromatic carbocycles. The van der Waals surface area contributed by atoms with Gasteiger partial charge in [-0.2, -0.15) is 0 Å². The van der Waals surface area contributed by atoms with E-state index in [0.29, 0.717) is 0 Å². The first kappa shape index (κ1) is 11.5. The summed E-state index contributed by atoms with van der Waals surface area (Å²) in [5.41, 5.74) is 0.531. The zero-order valence-corrected chi connectivity index (χ0v) is 10.00. The van der Waals surface area contributed by atoms with Crippen molar-refractivity contribution in [3.05, 3.63) is 16.1 Å². The molecule has 1 aromatic rings. The number of nitrogens with zero attached hydrogens (tertiary/aromatic N) is 1. The molecule has 0 fully saturated rings. The van der Waals surface area contributed by atoms with Crippen molar-refractivity contribution in [1.29, 1.82) is 0 Å². The van der Waals surface area contributed by atoms with Crippen molar-refractivity contribution < 1.29 is 4.79 Å². The Labute approximate surface area is 92.5 Å². The predicted octanol–water partition coefficient (Wildman–Crippen LogP) is 2.04. The van der Waals surface area contributed by atoms with Gasteiger partial charge in [0.25, 0.3) is 0 Å². The van der Waals surface area contributed by atoms with E-state index < -0.39 is 5.54 Å². The van der Waals surface area contributed by atoms with Gasteiger partial charge in [0.05, 0.1) is 5.54 Å². The molecule has 0 atom stereocenters. The van der Waals surface area contributed by atoms with E-state index in [1.54, 1.807) is 11.3 Å². The normalized spacial score (nSPS) is 11.4. The molecule has 3 nitrogen and oxygen atoms in total. The molecule has 1 N–H and O–H groups in total. The molecule has 0 saturated heterocycles. The Kier molecular flexibility index (Phi) is 3.50. The van der Waals surface area contributed by atoms with Crippen LogP contribution >= 0.6 is 22.9 Å². The Morgan fingerprint density at radius 1 is 1.71 bits per heavy atom. The summed E-state index contributed by atoms with van der Waals surface area (Å²) in [6, 6.07) is 0. The van der Waals surface area contributed by atoms with Gasteiger partial charge in [0.2, 0.25) is 5.91 Å². The minimum atomic E-state index is -0.440. The van der Waals surface area contributed by atoms with Crippen molar-refractivity contribution in [2.24, 2.45) is 0 Å². The highest BCUT2D eigenvalue weighted by atomic mass is 35.5. The summed E-state index contributed by atoms with van der Waals surface area (Å²) in [6.45, 7) is 5.75. The SMILES string of the molecule is Cc1csc(C(C)(C)NC(=O)CCl)n1. The molecule has 78 valence electrons. The average Bonchev–Trinajstić information content (AvgIpc) is 2.51. The van der Waals surface area contributed by atoms with Gasteiger partial charge >= 0.3 is 0 Å². The van der Waals surface area contributed by atoms with Crippen LogP contribution in [0.15, 0.2) is 5.38 Å². The number of halogens is 1. The van der Waals surface area contributed by atoms with Gasteiger partial charge in [-0.15, -0.1) is 22.9 Å². The third kappa shape index (κ3) is 2.69. The van der Waals surface area contributed by atoms with Gasteiger partial charge in [-0.3, -0.25) is 4.79 Å². The Hall–Kier alpha value is -0.610. The molecule has 0 saturated carbocycles. The molecular formula is C9H13ClN2OS. The summed E-state index contributed by atoms with van der Waals surface area (Å²) in [5.74, 6) is -0.196. The van der Waals surface area contributed by atoms with Crippen molar-refractivity contribution in [3.8, 4) is 0 Å². The number of alkyl halides is 1. The standard InChI is InChI=1S/C9H13ClN2OS/c1-6-5-14-8(11-6)9(2,3)12-7(13)4-10/h5H,4H2,1-3H3,(H,12,13). The summed E-state index contributed by atoms with van der Waals surface area (Å²) in [5, 5.41) is 5.67. The fourth-order valence-electron chi connectivity index (χ4n) is 1.08. The number of amides is 1. The van der Waals surface area contributed by atoms with E-state index >= 15 is 0 Å². The lowest BCUT2D eigenvalue weighted by Gasteiger charge is -2.23. The van der Waals surface area contributed by atoms with Gasteiger partial charge in [0.1, 0.15) is 10.9 Å². The largest absolute Gasteiger partial charge is 0.344 e. The van der Waals surface area contributed by atoms with Crippen LogP contribution in [0.1, 0.15) is 24.5 Å². The predicted molar refractivity (Wildman–Crippen MR) is 58.7 cm³/mol. The molecule has 5 heteroatoms. The number of hydrogen-bond donors (Lipinski definition) is 1. The lowest BCUT2D eigenvalue weighted by atomic mass is 10.1. The van der Waals surface area contributed by atoms with Crippen LogP contribution in [0.4, 0.5) is 0 Å². The average molecular weight is 233 g/mol. The molecule has 0 aliphatic carbocycles. The third-order valence-electron chi connectivity index (χ3n) is 1.73. The smallest absolute Gasteiger partial charge is 0.235 e. The highest BCUT2D eigenvalue weighted by Crippen LogP contribution is 2.23. The number of aryl methyl sites for hydroxylation is 1. The van der Waals surface area contributed by atoms with E-state index in [4.69, 9.17) is 11.6 Å². The minimum absolute atomic E-state index is 0.0201. The third-order valence-corrected chi connectivity index (χ3v) is 3.25. The summed E-state index contributed by atoms with van der Waals surface area (Å²) < 4.78 is 0. The van der Waals surface area contributed by atoms with Crippen molar-refractivity contribution in [2.45, 2.75) is 26.3 Å². The van der Waals surface area contributed by atoms with Gasteiger partial charge in [0.15, 0.2) is 0 Å². The van der Waals surface area contributed by atoms with Gasteiger partial charge < -0.3 is 5.32 Å². The van der Waals surface area contributed by atoms with Crippen LogP contribution in [0.5, 0.6) is 0 Å². The Morgan fingerprint density at radius 3 is 2.79 bits per heavy atom. The summed E-state index contributed by atoms with van der Waals surface area (Å²) in [7, 11) is 0. The number of thiazole rings is 1. The van der Waals surface area contributed by atoms with Crippen molar-refractivity contribution in [3.63, 3.8) is 0 Å². The van der Waals surface area contributed by atoms with E-state index in [2.05, 4.69) is 10.3 Å². The van der Waals surface area contributed by atoms with E-state index in [1.807, 2.05) is 26.2 Å². The number of carbonyl (C=O) groups is 1. The molecule has 0 bridgehead atoms. The van der Waals surface area contributed by atoms with Gasteiger partial charge in [0, 0.05) is 11.1 Å². The first-order chi connectivity index (χ1) is 6.45. The first-order valence-corrected chi connectivity index (χ1v) is 5.66. The highest BCUT2D eigenvalue weighted by molar-refractivity contribution is 7.09. The number of carbonyl (C=O) groups excluding carboxylic acids is 1. The van der Waals surface area contributed by atoms with Crippen LogP contribution in [0.2, 0.25) is 0 Å². The second-order valence-electron chi connectivity index (χ2n) is 3.60. The minimum Gasteiger partial charge on any atom is -0.344 e. The quantitative estimate of drug-likeness (QED) is 0.811.